The Morgan fingerprint density at radius 2 is 1.95 bits per heavy atom. The van der Waals surface area contributed by atoms with Crippen molar-refractivity contribution < 1.29 is 23.6 Å². The molecule has 0 radical (unpaired) electrons. The fraction of sp³-hybridized carbons (Fsp3) is 0.375. The van der Waals surface area contributed by atoms with Crippen molar-refractivity contribution in [2.24, 2.45) is 0 Å². The van der Waals surface area contributed by atoms with E-state index >= 15 is 4.39 Å². The highest BCUT2D eigenvalue weighted by Gasteiger charge is 2.33. The van der Waals surface area contributed by atoms with Crippen LogP contribution in [0.4, 0.5) is 26.2 Å². The first-order valence-electron chi connectivity index (χ1n) is 12.1. The van der Waals surface area contributed by atoms with Gasteiger partial charge in [0.2, 0.25) is 11.7 Å². The first-order valence-corrected chi connectivity index (χ1v) is 12.1. The van der Waals surface area contributed by atoms with E-state index in [1.807, 2.05) is 4.90 Å². The maximum atomic E-state index is 15.1. The van der Waals surface area contributed by atoms with Gasteiger partial charge in [0.15, 0.2) is 0 Å². The number of anilines is 2. The molecule has 1 aromatic heterocycles. The number of nitrogens with zero attached hydrogens (tertiary/aromatic N) is 7. The van der Waals surface area contributed by atoms with Gasteiger partial charge >= 0.3 is 6.09 Å². The van der Waals surface area contributed by atoms with E-state index in [9.17, 15) is 19.7 Å². The molecule has 2 aliphatic heterocycles. The van der Waals surface area contributed by atoms with E-state index in [0.29, 0.717) is 48.7 Å². The molecule has 5 rings (SSSR count). The van der Waals surface area contributed by atoms with Crippen LogP contribution in [0.15, 0.2) is 42.5 Å². The fourth-order valence-electron chi connectivity index (χ4n) is 4.58. The minimum Gasteiger partial charge on any atom is -0.442 e. The number of tetrazole rings is 1. The maximum absolute atomic E-state index is 15.1. The maximum Gasteiger partial charge on any atom is 0.414 e. The number of hydrogen-bond donors (Lipinski definition) is 1. The molecule has 2 aliphatic rings. The summed E-state index contributed by atoms with van der Waals surface area (Å²) in [5.74, 6) is -0.287. The Bertz CT molecular complexity index is 1360. The highest BCUT2D eigenvalue weighted by molar-refractivity contribution is 5.90. The van der Waals surface area contributed by atoms with Crippen molar-refractivity contribution >= 4 is 29.1 Å². The molecule has 0 bridgehead atoms. The summed E-state index contributed by atoms with van der Waals surface area (Å²) in [6.45, 7) is 2.94. The second-order valence-electron chi connectivity index (χ2n) is 9.14. The van der Waals surface area contributed by atoms with Crippen LogP contribution in [0.5, 0.6) is 0 Å². The Morgan fingerprint density at radius 3 is 2.61 bits per heavy atom. The van der Waals surface area contributed by atoms with E-state index in [-0.39, 0.29) is 30.7 Å². The number of amides is 2. The average Bonchev–Trinajstić information content (AvgIpc) is 3.55. The third kappa shape index (κ3) is 5.23. The van der Waals surface area contributed by atoms with Gasteiger partial charge in [-0.05, 0) is 48.4 Å². The molecular formula is C24H25FN8O5. The number of aromatic nitrogens is 4. The van der Waals surface area contributed by atoms with Gasteiger partial charge in [-0.1, -0.05) is 0 Å². The number of benzene rings is 2. The van der Waals surface area contributed by atoms with Gasteiger partial charge in [-0.15, -0.1) is 10.2 Å². The minimum atomic E-state index is -0.582. The van der Waals surface area contributed by atoms with Gasteiger partial charge in [0.1, 0.15) is 11.9 Å². The molecule has 13 nitrogen and oxygen atoms in total. The summed E-state index contributed by atoms with van der Waals surface area (Å²) in [4.78, 5) is 38.6. The Kier molecular flexibility index (Phi) is 6.85. The highest BCUT2D eigenvalue weighted by Crippen LogP contribution is 2.31. The third-order valence-electron chi connectivity index (χ3n) is 6.59. The smallest absolute Gasteiger partial charge is 0.414 e. The van der Waals surface area contributed by atoms with Crippen LogP contribution in [0, 0.1) is 15.9 Å². The summed E-state index contributed by atoms with van der Waals surface area (Å²) < 4.78 is 20.4. The Balaban J connectivity index is 1.19. The van der Waals surface area contributed by atoms with Crippen molar-refractivity contribution in [1.82, 2.24) is 25.5 Å². The largest absolute Gasteiger partial charge is 0.442 e. The summed E-state index contributed by atoms with van der Waals surface area (Å²) in [5, 5.41) is 26.1. The van der Waals surface area contributed by atoms with Crippen molar-refractivity contribution in [2.75, 3.05) is 36.0 Å². The molecule has 38 heavy (non-hydrogen) atoms. The van der Waals surface area contributed by atoms with Gasteiger partial charge in [-0.2, -0.15) is 4.80 Å². The number of non-ortho nitro benzene ring substituents is 1. The van der Waals surface area contributed by atoms with Crippen molar-refractivity contribution in [3.63, 3.8) is 0 Å². The lowest BCUT2D eigenvalue weighted by Gasteiger charge is -2.33. The molecule has 2 fully saturated rings. The molecule has 0 aliphatic carbocycles. The zero-order chi connectivity index (χ0) is 26.8. The SMILES string of the molecule is CC(=O)NCC1CN(c2ccc(N3CCC(n4nnc(-c5ccc([N+](=O)[O-])cc5)n4)CC3)c(F)c2)C(=O)O1. The normalized spacial score (nSPS) is 17.9. The third-order valence-corrected chi connectivity index (χ3v) is 6.59. The zero-order valence-electron chi connectivity index (χ0n) is 20.5. The monoisotopic (exact) mass is 524 g/mol. The van der Waals surface area contributed by atoms with Crippen LogP contribution in [-0.2, 0) is 9.53 Å². The average molecular weight is 525 g/mol. The van der Waals surface area contributed by atoms with Crippen molar-refractivity contribution in [3.05, 3.63) is 58.4 Å². The molecule has 0 saturated carbocycles. The summed E-state index contributed by atoms with van der Waals surface area (Å²) in [5.41, 5.74) is 1.44. The number of halogens is 1. The number of nitrogens with one attached hydrogen (secondary N) is 1. The summed E-state index contributed by atoms with van der Waals surface area (Å²) in [7, 11) is 0. The lowest BCUT2D eigenvalue weighted by molar-refractivity contribution is -0.384. The van der Waals surface area contributed by atoms with Gasteiger partial charge in [0.05, 0.1) is 35.4 Å². The van der Waals surface area contributed by atoms with E-state index in [0.717, 1.165) is 0 Å². The predicted molar refractivity (Wildman–Crippen MR) is 133 cm³/mol. The first kappa shape index (κ1) is 25.0. The first-order chi connectivity index (χ1) is 18.3. The molecule has 3 heterocycles. The quantitative estimate of drug-likeness (QED) is 0.364. The van der Waals surface area contributed by atoms with Crippen molar-refractivity contribution in [1.29, 1.82) is 0 Å². The Hall–Kier alpha value is -4.62. The number of rotatable bonds is 7. The molecule has 1 atom stereocenters. The number of piperidine rings is 1. The number of cyclic esters (lactones) is 1. The molecule has 198 valence electrons. The van der Waals surface area contributed by atoms with Crippen LogP contribution >= 0.6 is 0 Å². The number of carbonyl (C=O) groups is 2. The molecule has 3 aromatic rings. The van der Waals surface area contributed by atoms with Crippen LogP contribution in [0.1, 0.15) is 25.8 Å². The Labute approximate surface area is 216 Å². The van der Waals surface area contributed by atoms with E-state index < -0.39 is 22.9 Å². The number of nitro groups is 1. The lowest BCUT2D eigenvalue weighted by atomic mass is 10.0. The number of carbonyl (C=O) groups excluding carboxylic acids is 2. The molecular weight excluding hydrogens is 499 g/mol. The summed E-state index contributed by atoms with van der Waals surface area (Å²) in [6.07, 6.45) is 0.252. The topological polar surface area (TPSA) is 149 Å². The van der Waals surface area contributed by atoms with Gasteiger partial charge in [0.25, 0.3) is 5.69 Å². The molecule has 2 aromatic carbocycles. The Morgan fingerprint density at radius 1 is 1.21 bits per heavy atom. The van der Waals surface area contributed by atoms with E-state index in [1.54, 1.807) is 29.1 Å². The van der Waals surface area contributed by atoms with Crippen molar-refractivity contribution in [3.8, 4) is 11.4 Å². The number of nitro benzene ring substituents is 1. The van der Waals surface area contributed by atoms with Crippen LogP contribution in [0.2, 0.25) is 0 Å². The lowest BCUT2D eigenvalue weighted by Crippen LogP contribution is -2.36. The standard InChI is InChI=1S/C24H25FN8O5/c1-15(34)26-13-20-14-31(24(35)38-20)19-6-7-22(21(25)12-19)30-10-8-17(9-11-30)32-28-23(27-29-32)16-2-4-18(5-3-16)33(36)37/h2-7,12,17,20H,8-11,13-14H2,1H3,(H,26,34). The van der Waals surface area contributed by atoms with Crippen LogP contribution < -0.4 is 15.1 Å². The highest BCUT2D eigenvalue weighted by atomic mass is 19.1. The van der Waals surface area contributed by atoms with Gasteiger partial charge < -0.3 is 15.0 Å². The molecule has 2 amide bonds. The molecule has 2 saturated heterocycles. The van der Waals surface area contributed by atoms with E-state index in [1.165, 1.54) is 30.0 Å². The molecule has 1 unspecified atom stereocenters. The zero-order valence-corrected chi connectivity index (χ0v) is 20.5. The van der Waals surface area contributed by atoms with Crippen LogP contribution in [0.3, 0.4) is 0 Å². The van der Waals surface area contributed by atoms with Gasteiger partial charge in [-0.3, -0.25) is 19.8 Å². The fourth-order valence-corrected chi connectivity index (χ4v) is 4.58. The van der Waals surface area contributed by atoms with Crippen LogP contribution in [0.25, 0.3) is 11.4 Å². The predicted octanol–water partition coefficient (Wildman–Crippen LogP) is 2.69. The van der Waals surface area contributed by atoms with Gasteiger partial charge in [-0.25, -0.2) is 9.18 Å². The summed E-state index contributed by atoms with van der Waals surface area (Å²) >= 11 is 0. The van der Waals surface area contributed by atoms with Gasteiger partial charge in [0, 0.05) is 37.7 Å². The molecule has 1 N–H and O–H groups in total. The number of hydrogen-bond acceptors (Lipinski definition) is 9. The molecule has 14 heteroatoms. The van der Waals surface area contributed by atoms with Crippen LogP contribution in [-0.4, -0.2) is 69.4 Å². The second-order valence-corrected chi connectivity index (χ2v) is 9.14. The van der Waals surface area contributed by atoms with E-state index in [4.69, 9.17) is 4.74 Å². The molecule has 0 spiro atoms. The minimum absolute atomic E-state index is 0.0136. The second kappa shape index (κ2) is 10.4. The van der Waals surface area contributed by atoms with E-state index in [2.05, 4.69) is 20.7 Å². The summed E-state index contributed by atoms with van der Waals surface area (Å²) in [6, 6.07) is 10.6. The number of ether oxygens (including phenoxy) is 1. The van der Waals surface area contributed by atoms with Crippen molar-refractivity contribution in [2.45, 2.75) is 31.9 Å².